The third-order valence-electron chi connectivity index (χ3n) is 3.35. The predicted octanol–water partition coefficient (Wildman–Crippen LogP) is 1.31. The molecule has 0 aromatic heterocycles. The first-order valence-corrected chi connectivity index (χ1v) is 6.28. The van der Waals surface area contributed by atoms with Crippen LogP contribution in [0.1, 0.15) is 25.8 Å². The van der Waals surface area contributed by atoms with Crippen molar-refractivity contribution < 1.29 is 9.59 Å². The molecule has 0 aliphatic carbocycles. The molecule has 0 saturated carbocycles. The van der Waals surface area contributed by atoms with Crippen molar-refractivity contribution in [2.24, 2.45) is 0 Å². The lowest BCUT2D eigenvalue weighted by molar-refractivity contribution is -0.149. The van der Waals surface area contributed by atoms with Crippen molar-refractivity contribution in [1.29, 1.82) is 0 Å². The Bertz CT molecular complexity index is 444. The van der Waals surface area contributed by atoms with Crippen LogP contribution >= 0.6 is 0 Å². The number of nitrogens with zero attached hydrogens (tertiary/aromatic N) is 1. The van der Waals surface area contributed by atoms with Gasteiger partial charge in [-0.05, 0) is 18.9 Å². The number of rotatable bonds is 3. The van der Waals surface area contributed by atoms with E-state index in [2.05, 4.69) is 5.32 Å². The van der Waals surface area contributed by atoms with Gasteiger partial charge in [-0.15, -0.1) is 0 Å². The van der Waals surface area contributed by atoms with Gasteiger partial charge in [-0.25, -0.2) is 0 Å². The van der Waals surface area contributed by atoms with E-state index in [0.29, 0.717) is 13.0 Å². The predicted molar refractivity (Wildman–Crippen MR) is 68.7 cm³/mol. The Labute approximate surface area is 107 Å². The van der Waals surface area contributed by atoms with Gasteiger partial charge in [-0.3, -0.25) is 9.59 Å². The molecule has 2 atom stereocenters. The third kappa shape index (κ3) is 2.37. The van der Waals surface area contributed by atoms with Crippen LogP contribution in [0.3, 0.4) is 0 Å². The van der Waals surface area contributed by atoms with Gasteiger partial charge in [0.25, 0.3) is 0 Å². The molecule has 1 aromatic carbocycles. The average Bonchev–Trinajstić information content (AvgIpc) is 2.40. The number of piperazine rings is 1. The molecule has 1 saturated heterocycles. The molecule has 4 heteroatoms. The number of hydrogen-bond donors (Lipinski definition) is 1. The van der Waals surface area contributed by atoms with Crippen molar-refractivity contribution in [2.75, 3.05) is 0 Å². The van der Waals surface area contributed by atoms with E-state index in [0.717, 1.165) is 5.56 Å². The van der Waals surface area contributed by atoms with Crippen LogP contribution in [-0.4, -0.2) is 28.8 Å². The minimum Gasteiger partial charge on any atom is -0.343 e. The Morgan fingerprint density at radius 2 is 1.89 bits per heavy atom. The van der Waals surface area contributed by atoms with E-state index in [4.69, 9.17) is 0 Å². The van der Waals surface area contributed by atoms with E-state index in [1.54, 1.807) is 11.8 Å². The van der Waals surface area contributed by atoms with Crippen LogP contribution in [0.2, 0.25) is 0 Å². The van der Waals surface area contributed by atoms with E-state index in [9.17, 15) is 9.59 Å². The zero-order valence-electron chi connectivity index (χ0n) is 10.7. The number of amides is 2. The molecule has 18 heavy (non-hydrogen) atoms. The molecule has 1 N–H and O–H groups in total. The van der Waals surface area contributed by atoms with Crippen molar-refractivity contribution in [3.63, 3.8) is 0 Å². The Balaban J connectivity index is 2.18. The minimum absolute atomic E-state index is 0.00783. The third-order valence-corrected chi connectivity index (χ3v) is 3.35. The van der Waals surface area contributed by atoms with Gasteiger partial charge < -0.3 is 10.2 Å². The van der Waals surface area contributed by atoms with Gasteiger partial charge in [0.15, 0.2) is 0 Å². The average molecular weight is 246 g/mol. The van der Waals surface area contributed by atoms with Crippen LogP contribution in [-0.2, 0) is 16.1 Å². The summed E-state index contributed by atoms with van der Waals surface area (Å²) in [4.78, 5) is 25.7. The van der Waals surface area contributed by atoms with Crippen LogP contribution < -0.4 is 5.32 Å². The molecule has 0 radical (unpaired) electrons. The summed E-state index contributed by atoms with van der Waals surface area (Å²) >= 11 is 0. The molecule has 1 heterocycles. The lowest BCUT2D eigenvalue weighted by Gasteiger charge is -2.37. The van der Waals surface area contributed by atoms with Gasteiger partial charge >= 0.3 is 0 Å². The highest BCUT2D eigenvalue weighted by Gasteiger charge is 2.36. The summed E-state index contributed by atoms with van der Waals surface area (Å²) < 4.78 is 0. The summed E-state index contributed by atoms with van der Waals surface area (Å²) in [6.07, 6.45) is 0.628. The summed E-state index contributed by atoms with van der Waals surface area (Å²) in [6, 6.07) is 8.96. The van der Waals surface area contributed by atoms with Crippen molar-refractivity contribution in [1.82, 2.24) is 10.2 Å². The molecule has 2 unspecified atom stereocenters. The van der Waals surface area contributed by atoms with Crippen LogP contribution in [0.4, 0.5) is 0 Å². The summed E-state index contributed by atoms with van der Waals surface area (Å²) in [5, 5.41) is 2.75. The highest BCUT2D eigenvalue weighted by atomic mass is 16.2. The SMILES string of the molecule is CCC1NC(=O)C(C)N(Cc2ccccc2)C1=O. The van der Waals surface area contributed by atoms with Crippen molar-refractivity contribution >= 4 is 11.8 Å². The lowest BCUT2D eigenvalue weighted by atomic mass is 10.1. The minimum atomic E-state index is -0.402. The fourth-order valence-electron chi connectivity index (χ4n) is 2.16. The molecule has 96 valence electrons. The maximum absolute atomic E-state index is 12.2. The van der Waals surface area contributed by atoms with Crippen LogP contribution in [0.15, 0.2) is 30.3 Å². The molecule has 4 nitrogen and oxygen atoms in total. The number of nitrogens with one attached hydrogen (secondary N) is 1. The topological polar surface area (TPSA) is 49.4 Å². The Hall–Kier alpha value is -1.84. The first kappa shape index (κ1) is 12.6. The standard InChI is InChI=1S/C14H18N2O2/c1-3-12-14(18)16(10(2)13(17)15-12)9-11-7-5-4-6-8-11/h4-8,10,12H,3,9H2,1-2H3,(H,15,17). The molecule has 2 rings (SSSR count). The number of carbonyl (C=O) groups is 2. The molecule has 1 aliphatic heterocycles. The molecule has 2 amide bonds. The van der Waals surface area contributed by atoms with E-state index in [1.807, 2.05) is 37.3 Å². The largest absolute Gasteiger partial charge is 0.343 e. The van der Waals surface area contributed by atoms with Crippen molar-refractivity contribution in [2.45, 2.75) is 38.9 Å². The van der Waals surface area contributed by atoms with Gasteiger partial charge in [0, 0.05) is 6.54 Å². The highest BCUT2D eigenvalue weighted by molar-refractivity contribution is 5.96. The fourth-order valence-corrected chi connectivity index (χ4v) is 2.16. The molecule has 1 aliphatic rings. The monoisotopic (exact) mass is 246 g/mol. The van der Waals surface area contributed by atoms with E-state index in [1.165, 1.54) is 0 Å². The van der Waals surface area contributed by atoms with E-state index < -0.39 is 6.04 Å². The van der Waals surface area contributed by atoms with Gasteiger partial charge in [0.05, 0.1) is 0 Å². The Kier molecular flexibility index (Phi) is 3.65. The molecular weight excluding hydrogens is 228 g/mol. The number of benzene rings is 1. The summed E-state index contributed by atoms with van der Waals surface area (Å²) in [6.45, 7) is 4.16. The molecule has 1 aromatic rings. The maximum atomic E-state index is 12.2. The molecular formula is C14H18N2O2. The highest BCUT2D eigenvalue weighted by Crippen LogP contribution is 2.15. The smallest absolute Gasteiger partial charge is 0.246 e. The van der Waals surface area contributed by atoms with Crippen molar-refractivity contribution in [3.05, 3.63) is 35.9 Å². The normalized spacial score (nSPS) is 24.0. The van der Waals surface area contributed by atoms with E-state index >= 15 is 0 Å². The first-order valence-electron chi connectivity index (χ1n) is 6.28. The van der Waals surface area contributed by atoms with Crippen molar-refractivity contribution in [3.8, 4) is 0 Å². The summed E-state index contributed by atoms with van der Waals surface area (Å²) in [5.74, 6) is -0.0640. The van der Waals surface area contributed by atoms with Gasteiger partial charge in [0.1, 0.15) is 12.1 Å². The quantitative estimate of drug-likeness (QED) is 0.874. The second-order valence-electron chi connectivity index (χ2n) is 4.60. The van der Waals surface area contributed by atoms with Gasteiger partial charge in [0.2, 0.25) is 11.8 Å². The Morgan fingerprint density at radius 3 is 2.50 bits per heavy atom. The molecule has 0 spiro atoms. The van der Waals surface area contributed by atoms with Crippen LogP contribution in [0.5, 0.6) is 0 Å². The summed E-state index contributed by atoms with van der Waals surface area (Å²) in [5.41, 5.74) is 1.04. The lowest BCUT2D eigenvalue weighted by Crippen LogP contribution is -2.61. The van der Waals surface area contributed by atoms with Crippen LogP contribution in [0.25, 0.3) is 0 Å². The maximum Gasteiger partial charge on any atom is 0.246 e. The first-order chi connectivity index (χ1) is 8.63. The number of carbonyl (C=O) groups excluding carboxylic acids is 2. The summed E-state index contributed by atoms with van der Waals surface area (Å²) in [7, 11) is 0. The van der Waals surface area contributed by atoms with E-state index in [-0.39, 0.29) is 17.9 Å². The second kappa shape index (κ2) is 5.21. The van der Waals surface area contributed by atoms with Gasteiger partial charge in [-0.1, -0.05) is 37.3 Å². The second-order valence-corrected chi connectivity index (χ2v) is 4.60. The fraction of sp³-hybridized carbons (Fsp3) is 0.429. The molecule has 1 fully saturated rings. The zero-order chi connectivity index (χ0) is 13.1. The zero-order valence-corrected chi connectivity index (χ0v) is 10.7. The Morgan fingerprint density at radius 1 is 1.22 bits per heavy atom. The number of hydrogen-bond acceptors (Lipinski definition) is 2. The molecule has 0 bridgehead atoms. The van der Waals surface area contributed by atoms with Crippen LogP contribution in [0, 0.1) is 0 Å². The van der Waals surface area contributed by atoms with Gasteiger partial charge in [-0.2, -0.15) is 0 Å².